The van der Waals surface area contributed by atoms with Crippen molar-refractivity contribution in [2.24, 2.45) is 5.92 Å². The minimum atomic E-state index is 0.0375. The van der Waals surface area contributed by atoms with Gasteiger partial charge in [-0.3, -0.25) is 24.8 Å². The summed E-state index contributed by atoms with van der Waals surface area (Å²) in [6.45, 7) is 0. The van der Waals surface area contributed by atoms with E-state index in [1.54, 1.807) is 43.5 Å². The van der Waals surface area contributed by atoms with Crippen LogP contribution in [0.25, 0.3) is 55.8 Å². The number of H-pyrrole nitrogens is 2. The number of hydrogen-bond donors (Lipinski definition) is 3. The first-order chi connectivity index (χ1) is 19.2. The van der Waals surface area contributed by atoms with Crippen molar-refractivity contribution in [1.82, 2.24) is 35.1 Å². The summed E-state index contributed by atoms with van der Waals surface area (Å²) < 4.78 is 5.26. The maximum atomic E-state index is 12.7. The minimum Gasteiger partial charge on any atom is -0.472 e. The lowest BCUT2D eigenvalue weighted by molar-refractivity contribution is -0.117. The number of furan rings is 1. The van der Waals surface area contributed by atoms with Crippen LogP contribution in [0.15, 0.2) is 66.1 Å². The third kappa shape index (κ3) is 4.54. The van der Waals surface area contributed by atoms with E-state index in [1.807, 2.05) is 18.2 Å². The summed E-state index contributed by atoms with van der Waals surface area (Å²) in [5, 5.41) is 11.5. The maximum Gasteiger partial charge on any atom is 0.224 e. The highest BCUT2D eigenvalue weighted by Gasteiger charge is 2.19. The number of nitrogens with one attached hydrogen (secondary N) is 3. The van der Waals surface area contributed by atoms with Crippen molar-refractivity contribution < 1.29 is 9.21 Å². The predicted molar refractivity (Wildman–Crippen MR) is 148 cm³/mol. The first kappa shape index (κ1) is 23.3. The quantitative estimate of drug-likeness (QED) is 0.241. The van der Waals surface area contributed by atoms with Gasteiger partial charge in [-0.05, 0) is 37.0 Å². The van der Waals surface area contributed by atoms with Crippen LogP contribution < -0.4 is 5.32 Å². The molecule has 39 heavy (non-hydrogen) atoms. The van der Waals surface area contributed by atoms with Crippen molar-refractivity contribution in [3.05, 3.63) is 61.7 Å². The van der Waals surface area contributed by atoms with Gasteiger partial charge in [0.15, 0.2) is 5.82 Å². The molecule has 10 nitrogen and oxygen atoms in total. The van der Waals surface area contributed by atoms with Crippen LogP contribution in [0.3, 0.4) is 0 Å². The average Bonchev–Trinajstić information content (AvgIpc) is 3.73. The van der Waals surface area contributed by atoms with E-state index in [4.69, 9.17) is 9.40 Å². The summed E-state index contributed by atoms with van der Waals surface area (Å²) in [5.74, 6) is 1.13. The summed E-state index contributed by atoms with van der Waals surface area (Å²) in [6.07, 6.45) is 18.5. The van der Waals surface area contributed by atoms with E-state index >= 15 is 0 Å². The van der Waals surface area contributed by atoms with E-state index in [0.717, 1.165) is 57.2 Å². The fraction of sp³-hybridized carbons (Fsp3) is 0.241. The highest BCUT2D eigenvalue weighted by Crippen LogP contribution is 2.32. The molecule has 6 heterocycles. The number of anilines is 1. The number of fused-ring (bicyclic) bond motifs is 2. The van der Waals surface area contributed by atoms with Crippen molar-refractivity contribution in [1.29, 1.82) is 0 Å². The van der Waals surface area contributed by atoms with E-state index in [-0.39, 0.29) is 5.91 Å². The zero-order valence-corrected chi connectivity index (χ0v) is 21.1. The van der Waals surface area contributed by atoms with Crippen LogP contribution in [-0.4, -0.2) is 41.0 Å². The predicted octanol–water partition coefficient (Wildman–Crippen LogP) is 6.13. The second-order valence-electron chi connectivity index (χ2n) is 10.1. The van der Waals surface area contributed by atoms with Crippen LogP contribution in [0.2, 0.25) is 0 Å². The molecule has 0 bridgehead atoms. The molecule has 6 aromatic heterocycles. The first-order valence-electron chi connectivity index (χ1n) is 13.2. The number of nitrogens with zero attached hydrogens (tertiary/aromatic N) is 5. The van der Waals surface area contributed by atoms with E-state index in [0.29, 0.717) is 29.5 Å². The molecule has 0 saturated heterocycles. The molecule has 7 rings (SSSR count). The van der Waals surface area contributed by atoms with Gasteiger partial charge in [-0.25, -0.2) is 4.98 Å². The van der Waals surface area contributed by atoms with Gasteiger partial charge >= 0.3 is 0 Å². The second-order valence-corrected chi connectivity index (χ2v) is 10.1. The van der Waals surface area contributed by atoms with Crippen LogP contribution in [0.4, 0.5) is 5.69 Å². The summed E-state index contributed by atoms with van der Waals surface area (Å²) >= 11 is 0. The lowest BCUT2D eigenvalue weighted by Gasteiger charge is -2.20. The van der Waals surface area contributed by atoms with Gasteiger partial charge in [0.25, 0.3) is 0 Å². The van der Waals surface area contributed by atoms with E-state index in [9.17, 15) is 4.79 Å². The fourth-order valence-electron chi connectivity index (χ4n) is 5.44. The number of carbonyl (C=O) groups excluding carboxylic acids is 1. The molecular formula is C29H26N8O2. The topological polar surface area (TPSA) is 138 Å². The number of imidazole rings is 1. The normalized spacial score (nSPS) is 14.3. The number of aromatic amines is 2. The SMILES string of the molecule is O=C(CC1CCCCC1)Nc1cncc(-c2cc3c(-c4nc5c(-c6ccoc6)cncc5[nH]4)n[nH]c3cn2)c1. The number of carbonyl (C=O) groups is 1. The summed E-state index contributed by atoms with van der Waals surface area (Å²) in [7, 11) is 0. The van der Waals surface area contributed by atoms with Crippen molar-refractivity contribution in [3.8, 4) is 33.9 Å². The lowest BCUT2D eigenvalue weighted by atomic mass is 9.87. The van der Waals surface area contributed by atoms with E-state index < -0.39 is 0 Å². The number of aromatic nitrogens is 7. The van der Waals surface area contributed by atoms with Gasteiger partial charge in [-0.2, -0.15) is 5.10 Å². The van der Waals surface area contributed by atoms with Gasteiger partial charge in [0.05, 0.1) is 53.5 Å². The van der Waals surface area contributed by atoms with E-state index in [2.05, 4.69) is 35.5 Å². The van der Waals surface area contributed by atoms with Gasteiger partial charge in [-0.1, -0.05) is 19.3 Å². The zero-order chi connectivity index (χ0) is 26.2. The van der Waals surface area contributed by atoms with Crippen LogP contribution in [-0.2, 0) is 4.79 Å². The maximum absolute atomic E-state index is 12.7. The molecule has 1 amide bonds. The van der Waals surface area contributed by atoms with Crippen LogP contribution in [0.1, 0.15) is 38.5 Å². The highest BCUT2D eigenvalue weighted by atomic mass is 16.3. The molecule has 0 radical (unpaired) electrons. The third-order valence-electron chi connectivity index (χ3n) is 7.41. The number of rotatable bonds is 6. The molecule has 1 saturated carbocycles. The Bertz CT molecular complexity index is 1780. The molecule has 0 atom stereocenters. The molecule has 0 aromatic carbocycles. The Morgan fingerprint density at radius 3 is 2.77 bits per heavy atom. The Morgan fingerprint density at radius 1 is 1.00 bits per heavy atom. The molecule has 6 aromatic rings. The van der Waals surface area contributed by atoms with Crippen molar-refractivity contribution >= 4 is 33.5 Å². The Hall–Kier alpha value is -4.86. The lowest BCUT2D eigenvalue weighted by Crippen LogP contribution is -2.18. The zero-order valence-electron chi connectivity index (χ0n) is 21.1. The smallest absolute Gasteiger partial charge is 0.224 e. The molecule has 1 aliphatic rings. The van der Waals surface area contributed by atoms with Gasteiger partial charge < -0.3 is 14.7 Å². The fourth-order valence-corrected chi connectivity index (χ4v) is 5.44. The molecule has 10 heteroatoms. The Morgan fingerprint density at radius 2 is 1.90 bits per heavy atom. The van der Waals surface area contributed by atoms with Gasteiger partial charge in [0.2, 0.25) is 5.91 Å². The standard InChI is InChI=1S/C29H26N8O2/c38-26(8-17-4-2-1-3-5-17)33-20-9-19(11-30-12-20)23-10-21-24(15-32-23)36-37-28(21)29-34-25-14-31-13-22(27(25)35-29)18-6-7-39-16-18/h6-7,9-17H,1-5,8H2,(H,33,38)(H,34,35)(H,36,37). The van der Waals surface area contributed by atoms with Gasteiger partial charge in [-0.15, -0.1) is 0 Å². The number of amides is 1. The van der Waals surface area contributed by atoms with Crippen molar-refractivity contribution in [2.45, 2.75) is 38.5 Å². The highest BCUT2D eigenvalue weighted by molar-refractivity contribution is 5.97. The molecule has 1 fully saturated rings. The minimum absolute atomic E-state index is 0.0375. The van der Waals surface area contributed by atoms with E-state index in [1.165, 1.54) is 19.3 Å². The Balaban J connectivity index is 1.19. The summed E-state index contributed by atoms with van der Waals surface area (Å²) in [6, 6.07) is 5.75. The molecule has 194 valence electrons. The van der Waals surface area contributed by atoms with Crippen molar-refractivity contribution in [3.63, 3.8) is 0 Å². The third-order valence-corrected chi connectivity index (χ3v) is 7.41. The number of pyridine rings is 3. The summed E-state index contributed by atoms with van der Waals surface area (Å²) in [5.41, 5.74) is 7.01. The van der Waals surface area contributed by atoms with Crippen molar-refractivity contribution in [2.75, 3.05) is 5.32 Å². The second kappa shape index (κ2) is 9.79. The molecule has 1 aliphatic carbocycles. The molecule has 0 aliphatic heterocycles. The number of hydrogen-bond acceptors (Lipinski definition) is 7. The van der Waals surface area contributed by atoms with Crippen LogP contribution >= 0.6 is 0 Å². The molecule has 3 N–H and O–H groups in total. The molecule has 0 unspecified atom stereocenters. The average molecular weight is 519 g/mol. The van der Waals surface area contributed by atoms with Crippen LogP contribution in [0.5, 0.6) is 0 Å². The summed E-state index contributed by atoms with van der Waals surface area (Å²) in [4.78, 5) is 34.2. The first-order valence-corrected chi connectivity index (χ1v) is 13.2. The monoisotopic (exact) mass is 518 g/mol. The molecular weight excluding hydrogens is 492 g/mol. The van der Waals surface area contributed by atoms with Gasteiger partial charge in [0, 0.05) is 40.9 Å². The Labute approximate surface area is 223 Å². The Kier molecular flexibility index (Phi) is 5.84. The largest absolute Gasteiger partial charge is 0.472 e. The van der Waals surface area contributed by atoms with Crippen LogP contribution in [0, 0.1) is 5.92 Å². The molecule has 0 spiro atoms. The van der Waals surface area contributed by atoms with Gasteiger partial charge in [0.1, 0.15) is 11.2 Å².